The first-order valence-corrected chi connectivity index (χ1v) is 8.34. The summed E-state index contributed by atoms with van der Waals surface area (Å²) < 4.78 is 12.1. The van der Waals surface area contributed by atoms with Gasteiger partial charge >= 0.3 is 5.97 Å². The lowest BCUT2D eigenvalue weighted by atomic mass is 10.1. The Morgan fingerprint density at radius 3 is 2.31 bits per heavy atom. The highest BCUT2D eigenvalue weighted by Gasteiger charge is 2.17. The van der Waals surface area contributed by atoms with E-state index in [1.807, 2.05) is 18.4 Å². The molecule has 0 amide bonds. The molecule has 0 saturated carbocycles. The van der Waals surface area contributed by atoms with Gasteiger partial charge in [0.05, 0.1) is 13.5 Å². The molecule has 2 aromatic rings. The quantitative estimate of drug-likeness (QED) is 0.536. The van der Waals surface area contributed by atoms with Crippen molar-refractivity contribution in [2.24, 2.45) is 0 Å². The van der Waals surface area contributed by atoms with Crippen molar-refractivity contribution < 1.29 is 23.9 Å². The lowest BCUT2D eigenvalue weighted by molar-refractivity contribution is -0.140. The average molecular weight is 357 g/mol. The predicted molar refractivity (Wildman–Crippen MR) is 96.8 cm³/mol. The number of aromatic nitrogens is 1. The number of hydrogen-bond acceptors (Lipinski definition) is 5. The van der Waals surface area contributed by atoms with E-state index in [0.717, 1.165) is 11.4 Å². The zero-order chi connectivity index (χ0) is 19.3. The van der Waals surface area contributed by atoms with Crippen LogP contribution in [-0.2, 0) is 16.1 Å². The maximum atomic E-state index is 12.5. The standard InChI is InChI=1S/C20H23NO5/c1-13-11-18(14(2)21(13)10-9-20(24)25-4)19(23)12-26-17-7-5-16(6-8-17)15(3)22/h5-8,11H,9-10,12H2,1-4H3. The van der Waals surface area contributed by atoms with Crippen molar-refractivity contribution in [3.63, 3.8) is 0 Å². The third-order valence-corrected chi connectivity index (χ3v) is 4.27. The molecule has 0 bridgehead atoms. The largest absolute Gasteiger partial charge is 0.485 e. The highest BCUT2D eigenvalue weighted by atomic mass is 16.5. The van der Waals surface area contributed by atoms with E-state index in [4.69, 9.17) is 4.74 Å². The van der Waals surface area contributed by atoms with Crippen LogP contribution in [-0.4, -0.2) is 35.8 Å². The van der Waals surface area contributed by atoms with Crippen LogP contribution in [0.1, 0.15) is 45.4 Å². The van der Waals surface area contributed by atoms with Gasteiger partial charge in [-0.15, -0.1) is 0 Å². The number of carbonyl (C=O) groups excluding carboxylic acids is 3. The van der Waals surface area contributed by atoms with Crippen molar-refractivity contribution in [2.45, 2.75) is 33.7 Å². The van der Waals surface area contributed by atoms with E-state index >= 15 is 0 Å². The smallest absolute Gasteiger partial charge is 0.307 e. The maximum Gasteiger partial charge on any atom is 0.307 e. The SMILES string of the molecule is COC(=O)CCn1c(C)cc(C(=O)COc2ccc(C(C)=O)cc2)c1C. The lowest BCUT2D eigenvalue weighted by Crippen LogP contribution is -2.14. The molecule has 0 saturated heterocycles. The van der Waals surface area contributed by atoms with Crippen LogP contribution in [0.5, 0.6) is 5.75 Å². The van der Waals surface area contributed by atoms with Gasteiger partial charge in [0.15, 0.2) is 12.4 Å². The van der Waals surface area contributed by atoms with Crippen LogP contribution in [0.4, 0.5) is 0 Å². The third kappa shape index (κ3) is 4.59. The molecule has 26 heavy (non-hydrogen) atoms. The molecule has 0 fully saturated rings. The average Bonchev–Trinajstić information content (AvgIpc) is 2.92. The molecule has 0 radical (unpaired) electrons. The number of rotatable bonds is 8. The second-order valence-electron chi connectivity index (χ2n) is 6.05. The van der Waals surface area contributed by atoms with E-state index in [1.54, 1.807) is 30.3 Å². The zero-order valence-corrected chi connectivity index (χ0v) is 15.5. The summed E-state index contributed by atoms with van der Waals surface area (Å²) in [4.78, 5) is 35.1. The Bertz CT molecular complexity index is 817. The summed E-state index contributed by atoms with van der Waals surface area (Å²) in [5, 5.41) is 0. The first-order chi connectivity index (χ1) is 12.3. The Morgan fingerprint density at radius 2 is 1.73 bits per heavy atom. The van der Waals surface area contributed by atoms with Crippen molar-refractivity contribution >= 4 is 17.5 Å². The predicted octanol–water partition coefficient (Wildman–Crippen LogP) is 3.13. The molecule has 1 aromatic heterocycles. The fraction of sp³-hybridized carbons (Fsp3) is 0.350. The Balaban J connectivity index is 2.03. The van der Waals surface area contributed by atoms with Gasteiger partial charge in [-0.25, -0.2) is 0 Å². The van der Waals surface area contributed by atoms with Crippen LogP contribution in [0.25, 0.3) is 0 Å². The first-order valence-electron chi connectivity index (χ1n) is 8.34. The minimum absolute atomic E-state index is 0.0213. The molecule has 0 atom stereocenters. The number of ketones is 2. The highest BCUT2D eigenvalue weighted by molar-refractivity contribution is 5.98. The molecule has 0 aliphatic carbocycles. The molecule has 6 nitrogen and oxygen atoms in total. The molecular formula is C20H23NO5. The molecule has 1 heterocycles. The Hall–Kier alpha value is -2.89. The zero-order valence-electron chi connectivity index (χ0n) is 15.5. The molecule has 6 heteroatoms. The minimum Gasteiger partial charge on any atom is -0.485 e. The van der Waals surface area contributed by atoms with Crippen molar-refractivity contribution in [3.05, 3.63) is 52.8 Å². The first kappa shape index (κ1) is 19.4. The van der Waals surface area contributed by atoms with E-state index in [9.17, 15) is 14.4 Å². The van der Waals surface area contributed by atoms with Gasteiger partial charge in [-0.2, -0.15) is 0 Å². The van der Waals surface area contributed by atoms with Gasteiger partial charge in [-0.3, -0.25) is 14.4 Å². The molecule has 0 spiro atoms. The van der Waals surface area contributed by atoms with Crippen LogP contribution in [0, 0.1) is 13.8 Å². The third-order valence-electron chi connectivity index (χ3n) is 4.27. The number of ether oxygens (including phenoxy) is 2. The molecule has 0 aliphatic heterocycles. The lowest BCUT2D eigenvalue weighted by Gasteiger charge is -2.09. The van der Waals surface area contributed by atoms with Crippen LogP contribution in [0.3, 0.4) is 0 Å². The summed E-state index contributed by atoms with van der Waals surface area (Å²) >= 11 is 0. The second-order valence-corrected chi connectivity index (χ2v) is 6.05. The van der Waals surface area contributed by atoms with E-state index < -0.39 is 0 Å². The Morgan fingerprint density at radius 1 is 1.08 bits per heavy atom. The van der Waals surface area contributed by atoms with Gasteiger partial charge in [0, 0.05) is 29.1 Å². The summed E-state index contributed by atoms with van der Waals surface area (Å²) in [6, 6.07) is 8.48. The number of carbonyl (C=O) groups is 3. The highest BCUT2D eigenvalue weighted by Crippen LogP contribution is 2.18. The molecule has 0 unspecified atom stereocenters. The number of benzene rings is 1. The number of aryl methyl sites for hydroxylation is 1. The van der Waals surface area contributed by atoms with Crippen molar-refractivity contribution in [2.75, 3.05) is 13.7 Å². The van der Waals surface area contributed by atoms with Gasteiger partial charge < -0.3 is 14.0 Å². The molecule has 0 N–H and O–H groups in total. The van der Waals surface area contributed by atoms with E-state index in [0.29, 0.717) is 23.4 Å². The van der Waals surface area contributed by atoms with E-state index in [1.165, 1.54) is 14.0 Å². The second kappa shape index (κ2) is 8.47. The summed E-state index contributed by atoms with van der Waals surface area (Å²) in [5.41, 5.74) is 2.87. The number of methoxy groups -OCH3 is 1. The minimum atomic E-state index is -0.289. The van der Waals surface area contributed by atoms with Gasteiger partial charge in [0.2, 0.25) is 5.78 Å². The van der Waals surface area contributed by atoms with Crippen molar-refractivity contribution in [1.82, 2.24) is 4.57 Å². The normalized spacial score (nSPS) is 10.5. The molecule has 138 valence electrons. The Kier molecular flexibility index (Phi) is 6.33. The summed E-state index contributed by atoms with van der Waals surface area (Å²) in [6.07, 6.45) is 0.249. The molecule has 1 aromatic carbocycles. The van der Waals surface area contributed by atoms with E-state index in [2.05, 4.69) is 4.74 Å². The van der Waals surface area contributed by atoms with Gasteiger partial charge in [0.25, 0.3) is 0 Å². The summed E-state index contributed by atoms with van der Waals surface area (Å²) in [5.74, 6) is 0.0793. The Labute approximate surface area is 152 Å². The maximum absolute atomic E-state index is 12.5. The fourth-order valence-electron chi connectivity index (χ4n) is 2.75. The summed E-state index contributed by atoms with van der Waals surface area (Å²) in [7, 11) is 1.35. The molecular weight excluding hydrogens is 334 g/mol. The van der Waals surface area contributed by atoms with Crippen LogP contribution in [0.15, 0.2) is 30.3 Å². The van der Waals surface area contributed by atoms with Gasteiger partial charge in [-0.05, 0) is 51.1 Å². The topological polar surface area (TPSA) is 74.6 Å². The number of Topliss-reactive ketones (excluding diaryl/α,β-unsaturated/α-hetero) is 2. The fourth-order valence-corrected chi connectivity index (χ4v) is 2.75. The van der Waals surface area contributed by atoms with Crippen molar-refractivity contribution in [3.8, 4) is 5.75 Å². The summed E-state index contributed by atoms with van der Waals surface area (Å²) in [6.45, 7) is 5.60. The van der Waals surface area contributed by atoms with E-state index in [-0.39, 0.29) is 30.6 Å². The van der Waals surface area contributed by atoms with Gasteiger partial charge in [0.1, 0.15) is 5.75 Å². The number of nitrogens with zero attached hydrogens (tertiary/aromatic N) is 1. The van der Waals surface area contributed by atoms with Crippen LogP contribution < -0.4 is 4.74 Å². The van der Waals surface area contributed by atoms with Crippen LogP contribution >= 0.6 is 0 Å². The van der Waals surface area contributed by atoms with Gasteiger partial charge in [-0.1, -0.05) is 0 Å². The van der Waals surface area contributed by atoms with Crippen LogP contribution in [0.2, 0.25) is 0 Å². The monoisotopic (exact) mass is 357 g/mol. The molecule has 0 aliphatic rings. The number of hydrogen-bond donors (Lipinski definition) is 0. The number of esters is 1. The molecule has 2 rings (SSSR count). The van der Waals surface area contributed by atoms with Crippen molar-refractivity contribution in [1.29, 1.82) is 0 Å².